The molecule has 0 radical (unpaired) electrons. The number of hydrogen-bond acceptors (Lipinski definition) is 4. The summed E-state index contributed by atoms with van der Waals surface area (Å²) >= 11 is 2.97. The van der Waals surface area contributed by atoms with Gasteiger partial charge in [-0.15, -0.1) is 0 Å². The monoisotopic (exact) mass is 487 g/mol. The number of alkyl halides is 2. The van der Waals surface area contributed by atoms with Crippen LogP contribution >= 0.6 is 15.9 Å². The number of halogens is 4. The number of aromatic nitrogens is 3. The highest BCUT2D eigenvalue weighted by Gasteiger charge is 2.44. The van der Waals surface area contributed by atoms with Crippen molar-refractivity contribution in [1.82, 2.24) is 19.7 Å². The van der Waals surface area contributed by atoms with Gasteiger partial charge in [0.15, 0.2) is 5.82 Å². The predicted octanol–water partition coefficient (Wildman–Crippen LogP) is 3.65. The fraction of sp³-hybridized carbons (Fsp3) is 0.526. The van der Waals surface area contributed by atoms with Gasteiger partial charge in [0.25, 0.3) is 5.92 Å². The molecule has 2 aromatic rings. The second-order valence-corrected chi connectivity index (χ2v) is 8.57. The quantitative estimate of drug-likeness (QED) is 0.633. The fourth-order valence-corrected chi connectivity index (χ4v) is 4.43. The number of urea groups is 1. The van der Waals surface area contributed by atoms with Crippen LogP contribution < -0.4 is 5.32 Å². The van der Waals surface area contributed by atoms with Gasteiger partial charge >= 0.3 is 6.03 Å². The Labute approximate surface area is 179 Å². The zero-order valence-electron chi connectivity index (χ0n) is 16.2. The van der Waals surface area contributed by atoms with E-state index in [2.05, 4.69) is 31.3 Å². The number of carbonyl (C=O) groups excluding carboxylic acids is 1. The molecule has 0 aromatic carbocycles. The van der Waals surface area contributed by atoms with Gasteiger partial charge in [-0.2, -0.15) is 13.9 Å². The first-order valence-electron chi connectivity index (χ1n) is 9.66. The standard InChI is InChI=1S/C19H21BrF3N5O2/c1-10-6-14-12(16-19(22,23)4-2-11(9-29)7-28(16)26-14)8-27(10)18(30)25-13-3-5-24-17(20)15(13)21/h3,5,10-11,29H,2,4,6-9H2,1H3,(H,24,25,30). The van der Waals surface area contributed by atoms with Crippen molar-refractivity contribution in [2.45, 2.75) is 51.2 Å². The van der Waals surface area contributed by atoms with Crippen LogP contribution in [0.4, 0.5) is 23.7 Å². The topological polar surface area (TPSA) is 83.3 Å². The van der Waals surface area contributed by atoms with Gasteiger partial charge in [0.1, 0.15) is 10.3 Å². The Morgan fingerprint density at radius 1 is 1.47 bits per heavy atom. The van der Waals surface area contributed by atoms with Crippen LogP contribution in [0.3, 0.4) is 0 Å². The normalized spacial score (nSPS) is 22.8. The van der Waals surface area contributed by atoms with E-state index < -0.39 is 17.8 Å². The first-order chi connectivity index (χ1) is 14.2. The lowest BCUT2D eigenvalue weighted by molar-refractivity contribution is -0.0227. The Morgan fingerprint density at radius 2 is 2.23 bits per heavy atom. The maximum atomic E-state index is 14.9. The van der Waals surface area contributed by atoms with Gasteiger partial charge in [-0.1, -0.05) is 0 Å². The highest BCUT2D eigenvalue weighted by Crippen LogP contribution is 2.42. The van der Waals surface area contributed by atoms with Crippen molar-refractivity contribution in [3.05, 3.63) is 39.6 Å². The van der Waals surface area contributed by atoms with Gasteiger partial charge in [0.2, 0.25) is 0 Å². The molecule has 2 atom stereocenters. The smallest absolute Gasteiger partial charge is 0.322 e. The predicted molar refractivity (Wildman–Crippen MR) is 106 cm³/mol. The number of anilines is 1. The molecule has 2 aliphatic rings. The average Bonchev–Trinajstić information content (AvgIpc) is 2.99. The number of nitrogens with zero attached hydrogens (tertiary/aromatic N) is 4. The Kier molecular flexibility index (Phi) is 5.52. The molecule has 4 rings (SSSR count). The number of pyridine rings is 1. The third kappa shape index (κ3) is 3.68. The maximum Gasteiger partial charge on any atom is 0.322 e. The number of nitrogens with one attached hydrogen (secondary N) is 1. The van der Waals surface area contributed by atoms with E-state index in [0.29, 0.717) is 17.7 Å². The van der Waals surface area contributed by atoms with E-state index in [1.54, 1.807) is 6.92 Å². The molecule has 0 aliphatic carbocycles. The summed E-state index contributed by atoms with van der Waals surface area (Å²) in [5, 5.41) is 16.4. The second kappa shape index (κ2) is 7.84. The average molecular weight is 488 g/mol. The molecule has 30 heavy (non-hydrogen) atoms. The van der Waals surface area contributed by atoms with Crippen molar-refractivity contribution in [1.29, 1.82) is 0 Å². The molecule has 2 aliphatic heterocycles. The minimum atomic E-state index is -3.10. The molecule has 2 aromatic heterocycles. The summed E-state index contributed by atoms with van der Waals surface area (Å²) < 4.78 is 45.3. The number of fused-ring (bicyclic) bond motifs is 3. The third-order valence-corrected chi connectivity index (χ3v) is 6.29. The molecule has 2 unspecified atom stereocenters. The summed E-state index contributed by atoms with van der Waals surface area (Å²) in [6.45, 7) is 1.77. The Bertz CT molecular complexity index is 983. The SMILES string of the molecule is CC1Cc2nn3c(c2CN1C(=O)Nc1ccnc(Br)c1F)C(F)(F)CCC(CO)C3. The van der Waals surface area contributed by atoms with Crippen LogP contribution in [0.2, 0.25) is 0 Å². The number of amides is 2. The van der Waals surface area contributed by atoms with Gasteiger partial charge in [-0.3, -0.25) is 4.68 Å². The van der Waals surface area contributed by atoms with Crippen LogP contribution in [-0.2, 0) is 25.4 Å². The lowest BCUT2D eigenvalue weighted by atomic mass is 9.96. The number of rotatable bonds is 2. The molecule has 7 nitrogen and oxygen atoms in total. The molecule has 0 spiro atoms. The summed E-state index contributed by atoms with van der Waals surface area (Å²) in [7, 11) is 0. The Morgan fingerprint density at radius 3 is 2.97 bits per heavy atom. The minimum absolute atomic E-state index is 0.0330. The molecule has 0 bridgehead atoms. The van der Waals surface area contributed by atoms with Gasteiger partial charge in [0, 0.05) is 49.7 Å². The molecule has 0 fully saturated rings. The Hall–Kier alpha value is -2.14. The van der Waals surface area contributed by atoms with Gasteiger partial charge in [0.05, 0.1) is 17.9 Å². The lowest BCUT2D eigenvalue weighted by Gasteiger charge is -2.33. The van der Waals surface area contributed by atoms with Crippen LogP contribution in [0, 0.1) is 11.7 Å². The van der Waals surface area contributed by atoms with E-state index in [1.165, 1.54) is 21.8 Å². The molecular formula is C19H21BrF3N5O2. The third-order valence-electron chi connectivity index (χ3n) is 5.73. The summed E-state index contributed by atoms with van der Waals surface area (Å²) in [5.41, 5.74) is 0.640. The minimum Gasteiger partial charge on any atom is -0.396 e. The van der Waals surface area contributed by atoms with Crippen LogP contribution in [0.5, 0.6) is 0 Å². The van der Waals surface area contributed by atoms with Crippen molar-refractivity contribution < 1.29 is 23.1 Å². The summed E-state index contributed by atoms with van der Waals surface area (Å²) in [5.74, 6) is -4.10. The summed E-state index contributed by atoms with van der Waals surface area (Å²) in [6.07, 6.45) is 1.47. The van der Waals surface area contributed by atoms with Crippen LogP contribution in [-0.4, -0.2) is 43.5 Å². The first-order valence-corrected chi connectivity index (χ1v) is 10.5. The van der Waals surface area contributed by atoms with E-state index in [4.69, 9.17) is 0 Å². The van der Waals surface area contributed by atoms with E-state index in [9.17, 15) is 23.1 Å². The highest BCUT2D eigenvalue weighted by atomic mass is 79.9. The molecule has 0 saturated carbocycles. The van der Waals surface area contributed by atoms with Crippen molar-refractivity contribution >= 4 is 27.6 Å². The molecule has 2 amide bonds. The number of carbonyl (C=O) groups is 1. The number of aliphatic hydroxyl groups excluding tert-OH is 1. The highest BCUT2D eigenvalue weighted by molar-refractivity contribution is 9.10. The molecule has 11 heteroatoms. The van der Waals surface area contributed by atoms with Gasteiger partial charge < -0.3 is 15.3 Å². The molecule has 0 saturated heterocycles. The number of aliphatic hydroxyl groups is 1. The number of hydrogen-bond donors (Lipinski definition) is 2. The van der Waals surface area contributed by atoms with Crippen molar-refractivity contribution in [3.8, 4) is 0 Å². The summed E-state index contributed by atoms with van der Waals surface area (Å²) in [4.78, 5) is 18.0. The summed E-state index contributed by atoms with van der Waals surface area (Å²) in [6, 6.07) is 0.426. The fourth-order valence-electron chi connectivity index (χ4n) is 4.10. The van der Waals surface area contributed by atoms with Crippen LogP contribution in [0.25, 0.3) is 0 Å². The van der Waals surface area contributed by atoms with E-state index >= 15 is 0 Å². The van der Waals surface area contributed by atoms with E-state index in [1.807, 2.05) is 0 Å². The van der Waals surface area contributed by atoms with Crippen LogP contribution in [0.1, 0.15) is 36.7 Å². The van der Waals surface area contributed by atoms with Crippen LogP contribution in [0.15, 0.2) is 16.9 Å². The first kappa shape index (κ1) is 21.1. The van der Waals surface area contributed by atoms with Gasteiger partial charge in [-0.25, -0.2) is 14.2 Å². The molecular weight excluding hydrogens is 467 g/mol. The molecule has 4 heterocycles. The zero-order chi connectivity index (χ0) is 21.6. The Balaban J connectivity index is 1.64. The van der Waals surface area contributed by atoms with E-state index in [-0.39, 0.29) is 60.5 Å². The zero-order valence-corrected chi connectivity index (χ0v) is 17.8. The van der Waals surface area contributed by atoms with Crippen molar-refractivity contribution in [3.63, 3.8) is 0 Å². The van der Waals surface area contributed by atoms with Gasteiger partial charge in [-0.05, 0) is 35.3 Å². The van der Waals surface area contributed by atoms with E-state index in [0.717, 1.165) is 0 Å². The second-order valence-electron chi connectivity index (χ2n) is 7.82. The van der Waals surface area contributed by atoms with Crippen molar-refractivity contribution in [2.24, 2.45) is 5.92 Å². The maximum absolute atomic E-state index is 14.9. The molecule has 162 valence electrons. The largest absolute Gasteiger partial charge is 0.396 e. The lowest BCUT2D eigenvalue weighted by Crippen LogP contribution is -2.45. The van der Waals surface area contributed by atoms with Crippen molar-refractivity contribution in [2.75, 3.05) is 11.9 Å². The molecule has 2 N–H and O–H groups in total.